The van der Waals surface area contributed by atoms with Crippen molar-refractivity contribution in [2.45, 2.75) is 0 Å². The number of rotatable bonds is 2. The average molecular weight is 179 g/mol. The van der Waals surface area contributed by atoms with Gasteiger partial charge in [0.1, 0.15) is 6.54 Å². The second-order valence-electron chi connectivity index (χ2n) is 3.10. The van der Waals surface area contributed by atoms with Crippen molar-refractivity contribution >= 4 is 12.1 Å². The van der Waals surface area contributed by atoms with Gasteiger partial charge in [-0.3, -0.25) is 0 Å². The Balaban J connectivity index is 0. The normalized spacial score (nSPS) is 9.58. The lowest BCUT2D eigenvalue weighted by Gasteiger charge is -2.23. The smallest absolute Gasteiger partial charge is 0.503 e. The summed E-state index contributed by atoms with van der Waals surface area (Å²) < 4.78 is 0.419. The van der Waals surface area contributed by atoms with Gasteiger partial charge in [0.15, 0.2) is 0 Å². The Morgan fingerprint density at radius 2 is 1.50 bits per heavy atom. The van der Waals surface area contributed by atoms with E-state index in [9.17, 15) is 9.90 Å². The number of carbonyl (C=O) groups excluding carboxylic acids is 1. The number of hydrogen-bond donors (Lipinski definition) is 2. The van der Waals surface area contributed by atoms with Gasteiger partial charge < -0.3 is 24.6 Å². The van der Waals surface area contributed by atoms with E-state index in [0.29, 0.717) is 4.48 Å². The van der Waals surface area contributed by atoms with Gasteiger partial charge in [0.05, 0.1) is 27.1 Å². The molecule has 0 aliphatic rings. The Hall–Kier alpha value is -1.30. The molecule has 0 rings (SSSR count). The third-order valence-electron chi connectivity index (χ3n) is 0.603. The lowest BCUT2D eigenvalue weighted by molar-refractivity contribution is -0.864. The fraction of sp³-hybridized carbons (Fsp3) is 0.667. The summed E-state index contributed by atoms with van der Waals surface area (Å²) in [6.45, 7) is 0.0694. The summed E-state index contributed by atoms with van der Waals surface area (Å²) in [6.07, 6.45) is -1.83. The van der Waals surface area contributed by atoms with E-state index in [0.717, 1.165) is 0 Å². The van der Waals surface area contributed by atoms with Gasteiger partial charge in [0, 0.05) is 0 Å². The van der Waals surface area contributed by atoms with E-state index in [1.54, 1.807) is 21.1 Å². The van der Waals surface area contributed by atoms with Crippen LogP contribution < -0.4 is 5.11 Å². The average Bonchev–Trinajstić information content (AvgIpc) is 1.52. The Labute approximate surface area is 70.2 Å². The maximum Gasteiger partial charge on any atom is 0.503 e. The van der Waals surface area contributed by atoms with Gasteiger partial charge in [-0.25, -0.2) is 4.79 Å². The first-order chi connectivity index (χ1) is 5.15. The molecule has 0 radical (unpaired) electrons. The molecule has 0 aliphatic carbocycles. The highest BCUT2D eigenvalue weighted by molar-refractivity contribution is 5.65. The van der Waals surface area contributed by atoms with Gasteiger partial charge in [0.2, 0.25) is 0 Å². The first-order valence-electron chi connectivity index (χ1n) is 3.07. The molecule has 6 nitrogen and oxygen atoms in total. The van der Waals surface area contributed by atoms with Crippen molar-refractivity contribution in [3.05, 3.63) is 0 Å². The molecular weight excluding hydrogens is 166 g/mol. The van der Waals surface area contributed by atoms with Crippen molar-refractivity contribution < 1.29 is 29.4 Å². The standard InChI is InChI=1S/C5H11NO2.CH2O3/c1-6(2,3)4-5(7)8;2-1(3)4/h4H2,1-3H3;(H2,2,3,4). The van der Waals surface area contributed by atoms with Gasteiger partial charge in [0.25, 0.3) is 0 Å². The van der Waals surface area contributed by atoms with Gasteiger partial charge in [-0.15, -0.1) is 0 Å². The van der Waals surface area contributed by atoms with E-state index in [2.05, 4.69) is 0 Å². The third-order valence-corrected chi connectivity index (χ3v) is 0.603. The van der Waals surface area contributed by atoms with Crippen LogP contribution >= 0.6 is 0 Å². The molecule has 0 saturated carbocycles. The molecule has 0 atom stereocenters. The van der Waals surface area contributed by atoms with E-state index in [1.807, 2.05) is 0 Å². The number of quaternary nitrogens is 1. The second kappa shape index (κ2) is 5.36. The molecule has 0 saturated heterocycles. The van der Waals surface area contributed by atoms with Crippen LogP contribution in [0.2, 0.25) is 0 Å². The number of nitrogens with zero attached hydrogens (tertiary/aromatic N) is 1. The zero-order valence-electron chi connectivity index (χ0n) is 7.27. The maximum absolute atomic E-state index is 9.89. The van der Waals surface area contributed by atoms with Crippen LogP contribution in [-0.4, -0.2) is 54.5 Å². The van der Waals surface area contributed by atoms with Crippen LogP contribution in [0.4, 0.5) is 4.79 Å². The highest BCUT2D eigenvalue weighted by Crippen LogP contribution is 1.84. The third kappa shape index (κ3) is 37.7. The predicted octanol–water partition coefficient (Wildman–Crippen LogP) is -1.34. The highest BCUT2D eigenvalue weighted by Gasteiger charge is 2.04. The minimum Gasteiger partial charge on any atom is -0.544 e. The molecule has 0 unspecified atom stereocenters. The minimum atomic E-state index is -1.83. The summed E-state index contributed by atoms with van der Waals surface area (Å²) in [4.78, 5) is 18.4. The molecule has 0 bridgehead atoms. The van der Waals surface area contributed by atoms with Gasteiger partial charge in [-0.05, 0) is 0 Å². The lowest BCUT2D eigenvalue weighted by Crippen LogP contribution is -2.45. The SMILES string of the molecule is C[N+](C)(C)CC(=O)[O-].O=C(O)O. The molecular formula is C6H13NO5. The van der Waals surface area contributed by atoms with Crippen LogP contribution in [0.25, 0.3) is 0 Å². The molecule has 0 aromatic rings. The van der Waals surface area contributed by atoms with Crippen LogP contribution in [-0.2, 0) is 4.79 Å². The zero-order valence-corrected chi connectivity index (χ0v) is 7.27. The molecule has 6 heteroatoms. The van der Waals surface area contributed by atoms with Crippen molar-refractivity contribution in [3.63, 3.8) is 0 Å². The number of carboxylic acids is 1. The highest BCUT2D eigenvalue weighted by atomic mass is 16.6. The Morgan fingerprint density at radius 1 is 1.25 bits per heavy atom. The molecule has 0 spiro atoms. The van der Waals surface area contributed by atoms with E-state index < -0.39 is 12.1 Å². The molecule has 0 amide bonds. The van der Waals surface area contributed by atoms with Crippen LogP contribution in [0, 0.1) is 0 Å². The first-order valence-corrected chi connectivity index (χ1v) is 3.07. The van der Waals surface area contributed by atoms with Crippen molar-refractivity contribution in [1.29, 1.82) is 0 Å². The summed E-state index contributed by atoms with van der Waals surface area (Å²) >= 11 is 0. The van der Waals surface area contributed by atoms with E-state index in [-0.39, 0.29) is 6.54 Å². The van der Waals surface area contributed by atoms with Crippen LogP contribution in [0.5, 0.6) is 0 Å². The van der Waals surface area contributed by atoms with E-state index in [4.69, 9.17) is 15.0 Å². The molecule has 2 N–H and O–H groups in total. The van der Waals surface area contributed by atoms with Gasteiger partial charge in [-0.1, -0.05) is 0 Å². The second-order valence-corrected chi connectivity index (χ2v) is 3.10. The molecule has 0 heterocycles. The summed E-state index contributed by atoms with van der Waals surface area (Å²) in [5.41, 5.74) is 0. The predicted molar refractivity (Wildman–Crippen MR) is 38.6 cm³/mol. The first kappa shape index (κ1) is 13.3. The number of aliphatic carboxylic acids is 1. The molecule has 0 aromatic heterocycles. The van der Waals surface area contributed by atoms with Crippen LogP contribution in [0.1, 0.15) is 0 Å². The summed E-state index contributed by atoms with van der Waals surface area (Å²) in [6, 6.07) is 0. The summed E-state index contributed by atoms with van der Waals surface area (Å²) in [5.74, 6) is -1.00. The van der Waals surface area contributed by atoms with E-state index in [1.165, 1.54) is 0 Å². The molecule has 0 aliphatic heterocycles. The number of carbonyl (C=O) groups is 2. The monoisotopic (exact) mass is 179 g/mol. The number of hydrogen-bond acceptors (Lipinski definition) is 3. The van der Waals surface area contributed by atoms with E-state index >= 15 is 0 Å². The number of carboxylic acid groups (broad SMARTS) is 3. The molecule has 0 aromatic carbocycles. The Kier molecular flexibility index (Phi) is 5.94. The van der Waals surface area contributed by atoms with Crippen molar-refractivity contribution in [1.82, 2.24) is 0 Å². The topological polar surface area (TPSA) is 97.7 Å². The Bertz CT molecular complexity index is 156. The summed E-state index contributed by atoms with van der Waals surface area (Å²) in [5, 5.41) is 23.8. The minimum absolute atomic E-state index is 0.0694. The van der Waals surface area contributed by atoms with Crippen molar-refractivity contribution in [2.75, 3.05) is 27.7 Å². The van der Waals surface area contributed by atoms with Crippen LogP contribution in [0.15, 0.2) is 0 Å². The zero-order chi connectivity index (χ0) is 10.4. The molecule has 0 fully saturated rings. The van der Waals surface area contributed by atoms with Crippen molar-refractivity contribution in [3.8, 4) is 0 Å². The van der Waals surface area contributed by atoms with Crippen molar-refractivity contribution in [2.24, 2.45) is 0 Å². The molecule has 72 valence electrons. The number of likely N-dealkylation sites (N-methyl/N-ethyl adjacent to an activating group) is 1. The van der Waals surface area contributed by atoms with Gasteiger partial charge >= 0.3 is 6.16 Å². The maximum atomic E-state index is 9.89. The quantitative estimate of drug-likeness (QED) is 0.511. The fourth-order valence-electron chi connectivity index (χ4n) is 0.387. The fourth-order valence-corrected chi connectivity index (χ4v) is 0.387. The summed E-state index contributed by atoms with van der Waals surface area (Å²) in [7, 11) is 5.40. The molecule has 12 heavy (non-hydrogen) atoms. The Morgan fingerprint density at radius 3 is 1.50 bits per heavy atom. The van der Waals surface area contributed by atoms with Gasteiger partial charge in [-0.2, -0.15) is 0 Å². The van der Waals surface area contributed by atoms with Crippen LogP contribution in [0.3, 0.4) is 0 Å². The largest absolute Gasteiger partial charge is 0.544 e. The lowest BCUT2D eigenvalue weighted by atomic mass is 10.5.